The summed E-state index contributed by atoms with van der Waals surface area (Å²) in [5.74, 6) is 0.458. The Balaban J connectivity index is 1.60. The molecular weight excluding hydrogens is 372 g/mol. The van der Waals surface area contributed by atoms with Crippen molar-refractivity contribution in [3.05, 3.63) is 76.6 Å². The summed E-state index contributed by atoms with van der Waals surface area (Å²) in [6.45, 7) is 2.68. The summed E-state index contributed by atoms with van der Waals surface area (Å²) in [5, 5.41) is 5.04. The minimum absolute atomic E-state index is 0.321. The average Bonchev–Trinajstić information content (AvgIpc) is 3.35. The van der Waals surface area contributed by atoms with E-state index < -0.39 is 0 Å². The maximum Gasteiger partial charge on any atom is 0.338 e. The number of fused-ring (bicyclic) bond motifs is 1. The highest BCUT2D eigenvalue weighted by Gasteiger charge is 2.11. The number of anilines is 1. The number of thiophene rings is 1. The molecule has 0 aliphatic carbocycles. The summed E-state index contributed by atoms with van der Waals surface area (Å²) in [4.78, 5) is 11.8. The third-order valence-electron chi connectivity index (χ3n) is 4.45. The van der Waals surface area contributed by atoms with Crippen LogP contribution in [0.3, 0.4) is 0 Å². The van der Waals surface area contributed by atoms with Gasteiger partial charge in [0.25, 0.3) is 0 Å². The Hall–Kier alpha value is -3.25. The molecule has 0 bridgehead atoms. The SMILES string of the molecule is CCOC(=O)c1ccc(-n2cc(N)c3cc(OCc4ccsc4)ccc32)cc1. The zero-order valence-electron chi connectivity index (χ0n) is 15.4. The lowest BCUT2D eigenvalue weighted by molar-refractivity contribution is 0.0526. The van der Waals surface area contributed by atoms with Crippen LogP contribution in [0.25, 0.3) is 16.6 Å². The number of hydrogen-bond acceptors (Lipinski definition) is 5. The predicted molar refractivity (Wildman–Crippen MR) is 112 cm³/mol. The van der Waals surface area contributed by atoms with Gasteiger partial charge in [-0.05, 0) is 71.8 Å². The first kappa shape index (κ1) is 18.1. The lowest BCUT2D eigenvalue weighted by Crippen LogP contribution is -2.04. The van der Waals surface area contributed by atoms with E-state index in [1.807, 2.05) is 52.5 Å². The van der Waals surface area contributed by atoms with Gasteiger partial charge < -0.3 is 19.8 Å². The van der Waals surface area contributed by atoms with Gasteiger partial charge in [0.15, 0.2) is 0 Å². The van der Waals surface area contributed by atoms with Gasteiger partial charge in [0.1, 0.15) is 12.4 Å². The molecule has 2 aromatic carbocycles. The summed E-state index contributed by atoms with van der Waals surface area (Å²) in [6, 6.07) is 15.2. The Bertz CT molecular complexity index is 1100. The molecule has 2 aromatic heterocycles. The van der Waals surface area contributed by atoms with Crippen molar-refractivity contribution in [2.45, 2.75) is 13.5 Å². The number of benzene rings is 2. The minimum Gasteiger partial charge on any atom is -0.489 e. The van der Waals surface area contributed by atoms with E-state index in [0.717, 1.165) is 27.9 Å². The highest BCUT2D eigenvalue weighted by Crippen LogP contribution is 2.30. The molecule has 2 heterocycles. The van der Waals surface area contributed by atoms with Crippen molar-refractivity contribution in [2.24, 2.45) is 0 Å². The number of nitrogen functional groups attached to an aromatic ring is 1. The fraction of sp³-hybridized carbons (Fsp3) is 0.136. The van der Waals surface area contributed by atoms with Crippen molar-refractivity contribution in [1.29, 1.82) is 0 Å². The average molecular weight is 392 g/mol. The van der Waals surface area contributed by atoms with E-state index in [9.17, 15) is 4.79 Å². The number of ether oxygens (including phenoxy) is 2. The summed E-state index contributed by atoms with van der Waals surface area (Å²) >= 11 is 1.65. The van der Waals surface area contributed by atoms with Crippen LogP contribution in [0.5, 0.6) is 5.75 Å². The molecule has 142 valence electrons. The number of carbonyl (C=O) groups is 1. The van der Waals surface area contributed by atoms with Crippen molar-refractivity contribution in [2.75, 3.05) is 12.3 Å². The Labute approximate surface area is 166 Å². The van der Waals surface area contributed by atoms with Gasteiger partial charge in [0.2, 0.25) is 0 Å². The standard InChI is InChI=1S/C22H20N2O3S/c1-2-26-22(25)16-3-5-17(6-4-16)24-12-20(23)19-11-18(7-8-21(19)24)27-13-15-9-10-28-14-15/h3-12,14H,2,13,23H2,1H3. The third kappa shape index (κ3) is 3.59. The zero-order valence-corrected chi connectivity index (χ0v) is 16.2. The molecule has 0 saturated heterocycles. The van der Waals surface area contributed by atoms with Crippen LogP contribution < -0.4 is 10.5 Å². The quantitative estimate of drug-likeness (QED) is 0.467. The van der Waals surface area contributed by atoms with Crippen LogP contribution in [-0.4, -0.2) is 17.1 Å². The van der Waals surface area contributed by atoms with E-state index in [1.165, 1.54) is 0 Å². The van der Waals surface area contributed by atoms with Crippen molar-refractivity contribution < 1.29 is 14.3 Å². The van der Waals surface area contributed by atoms with Gasteiger partial charge in [-0.2, -0.15) is 11.3 Å². The summed E-state index contributed by atoms with van der Waals surface area (Å²) in [7, 11) is 0. The van der Waals surface area contributed by atoms with E-state index in [-0.39, 0.29) is 5.97 Å². The highest BCUT2D eigenvalue weighted by molar-refractivity contribution is 7.07. The number of rotatable bonds is 6. The molecule has 2 N–H and O–H groups in total. The van der Waals surface area contributed by atoms with Gasteiger partial charge in [0, 0.05) is 17.3 Å². The number of aromatic nitrogens is 1. The van der Waals surface area contributed by atoms with Crippen LogP contribution >= 0.6 is 11.3 Å². The van der Waals surface area contributed by atoms with Gasteiger partial charge in [-0.3, -0.25) is 0 Å². The second-order valence-corrected chi connectivity index (χ2v) is 7.10. The highest BCUT2D eigenvalue weighted by atomic mass is 32.1. The Morgan fingerprint density at radius 2 is 1.96 bits per heavy atom. The fourth-order valence-electron chi connectivity index (χ4n) is 3.05. The largest absolute Gasteiger partial charge is 0.489 e. The molecule has 0 radical (unpaired) electrons. The van der Waals surface area contributed by atoms with Crippen LogP contribution in [0.2, 0.25) is 0 Å². The van der Waals surface area contributed by atoms with E-state index in [4.69, 9.17) is 15.2 Å². The molecule has 0 aliphatic heterocycles. The predicted octanol–water partition coefficient (Wildman–Crippen LogP) is 5.03. The van der Waals surface area contributed by atoms with Gasteiger partial charge in [-0.1, -0.05) is 0 Å². The van der Waals surface area contributed by atoms with Crippen LogP contribution in [0.4, 0.5) is 5.69 Å². The molecule has 0 saturated carbocycles. The van der Waals surface area contributed by atoms with Gasteiger partial charge >= 0.3 is 5.97 Å². The monoisotopic (exact) mass is 392 g/mol. The number of nitrogens with two attached hydrogens (primary N) is 1. The first-order valence-corrected chi connectivity index (χ1v) is 9.92. The number of esters is 1. The molecule has 0 unspecified atom stereocenters. The van der Waals surface area contributed by atoms with E-state index in [1.54, 1.807) is 30.4 Å². The molecule has 0 atom stereocenters. The van der Waals surface area contributed by atoms with E-state index >= 15 is 0 Å². The molecule has 0 spiro atoms. The molecule has 0 fully saturated rings. The smallest absolute Gasteiger partial charge is 0.338 e. The lowest BCUT2D eigenvalue weighted by atomic mass is 10.2. The van der Waals surface area contributed by atoms with Crippen molar-refractivity contribution in [1.82, 2.24) is 4.57 Å². The van der Waals surface area contributed by atoms with Gasteiger partial charge in [-0.25, -0.2) is 4.79 Å². The first-order chi connectivity index (χ1) is 13.7. The summed E-state index contributed by atoms with van der Waals surface area (Å²) < 4.78 is 12.9. The Morgan fingerprint density at radius 1 is 1.14 bits per heavy atom. The van der Waals surface area contributed by atoms with Crippen LogP contribution in [0.1, 0.15) is 22.8 Å². The second kappa shape index (κ2) is 7.78. The maximum absolute atomic E-state index is 11.8. The summed E-state index contributed by atoms with van der Waals surface area (Å²) in [5.41, 5.74) is 10.5. The molecule has 0 amide bonds. The number of carbonyl (C=O) groups excluding carboxylic acids is 1. The molecule has 6 heteroatoms. The third-order valence-corrected chi connectivity index (χ3v) is 5.18. The zero-order chi connectivity index (χ0) is 19.5. The topological polar surface area (TPSA) is 66.5 Å². The molecule has 5 nitrogen and oxygen atoms in total. The van der Waals surface area contributed by atoms with Crippen LogP contribution in [0, 0.1) is 0 Å². The Kier molecular flexibility index (Phi) is 5.04. The van der Waals surface area contributed by atoms with Gasteiger partial charge in [-0.15, -0.1) is 0 Å². The molecule has 0 aliphatic rings. The first-order valence-electron chi connectivity index (χ1n) is 8.97. The normalized spacial score (nSPS) is 10.9. The maximum atomic E-state index is 11.8. The fourth-order valence-corrected chi connectivity index (χ4v) is 3.71. The van der Waals surface area contributed by atoms with Crippen molar-refractivity contribution in [3.63, 3.8) is 0 Å². The van der Waals surface area contributed by atoms with Crippen LogP contribution in [-0.2, 0) is 11.3 Å². The summed E-state index contributed by atoms with van der Waals surface area (Å²) in [6.07, 6.45) is 1.88. The molecule has 4 rings (SSSR count). The van der Waals surface area contributed by atoms with Gasteiger partial charge in [0.05, 0.1) is 23.4 Å². The second-order valence-electron chi connectivity index (χ2n) is 6.32. The van der Waals surface area contributed by atoms with Crippen molar-refractivity contribution in [3.8, 4) is 11.4 Å². The minimum atomic E-state index is -0.321. The van der Waals surface area contributed by atoms with E-state index in [0.29, 0.717) is 24.5 Å². The molecular formula is C22H20N2O3S. The lowest BCUT2D eigenvalue weighted by Gasteiger charge is -2.08. The van der Waals surface area contributed by atoms with Crippen molar-refractivity contribution >= 4 is 33.9 Å². The number of nitrogens with zero attached hydrogens (tertiary/aromatic N) is 1. The van der Waals surface area contributed by atoms with E-state index in [2.05, 4.69) is 5.38 Å². The van der Waals surface area contributed by atoms with Crippen LogP contribution in [0.15, 0.2) is 65.5 Å². The molecule has 28 heavy (non-hydrogen) atoms. The Morgan fingerprint density at radius 3 is 2.68 bits per heavy atom. The number of hydrogen-bond donors (Lipinski definition) is 1. The molecule has 4 aromatic rings.